The number of hydrogen-bond donors (Lipinski definition) is 1. The molecule has 0 aliphatic heterocycles. The molecular weight excluding hydrogens is 321 g/mol. The molecule has 0 atom stereocenters. The van der Waals surface area contributed by atoms with Crippen molar-refractivity contribution in [3.8, 4) is 0 Å². The molecule has 0 spiro atoms. The van der Waals surface area contributed by atoms with Crippen LogP contribution in [0.1, 0.15) is 24.2 Å². The molecule has 4 nitrogen and oxygen atoms in total. The van der Waals surface area contributed by atoms with Gasteiger partial charge in [0, 0.05) is 5.25 Å². The van der Waals surface area contributed by atoms with E-state index in [1.54, 1.807) is 11.8 Å². The van der Waals surface area contributed by atoms with Crippen molar-refractivity contribution in [2.75, 3.05) is 5.32 Å². The highest BCUT2D eigenvalue weighted by molar-refractivity contribution is 8.01. The van der Waals surface area contributed by atoms with E-state index in [0.29, 0.717) is 10.4 Å². The van der Waals surface area contributed by atoms with Crippen LogP contribution in [-0.2, 0) is 0 Å². The van der Waals surface area contributed by atoms with Gasteiger partial charge in [0.2, 0.25) is 5.13 Å². The van der Waals surface area contributed by atoms with E-state index >= 15 is 0 Å². The third kappa shape index (κ3) is 3.68. The zero-order valence-corrected chi connectivity index (χ0v) is 13.1. The molecule has 1 aromatic heterocycles. The first-order chi connectivity index (χ1) is 9.47. The number of benzene rings is 1. The third-order valence-corrected chi connectivity index (χ3v) is 4.39. The van der Waals surface area contributed by atoms with Gasteiger partial charge in [0.1, 0.15) is 5.82 Å². The molecule has 8 heteroatoms. The average molecular weight is 332 g/mol. The predicted octanol–water partition coefficient (Wildman–Crippen LogP) is 4.08. The lowest BCUT2D eigenvalue weighted by Crippen LogP contribution is -2.14. The van der Waals surface area contributed by atoms with E-state index in [9.17, 15) is 9.18 Å². The minimum Gasteiger partial charge on any atom is -0.296 e. The molecule has 0 saturated heterocycles. The summed E-state index contributed by atoms with van der Waals surface area (Å²) in [5, 5.41) is 11.0. The molecule has 0 unspecified atom stereocenters. The minimum absolute atomic E-state index is 0.0591. The second kappa shape index (κ2) is 6.51. The van der Waals surface area contributed by atoms with E-state index in [-0.39, 0.29) is 10.6 Å². The van der Waals surface area contributed by atoms with Gasteiger partial charge in [-0.2, -0.15) is 0 Å². The number of carbonyl (C=O) groups is 1. The number of amides is 1. The van der Waals surface area contributed by atoms with Gasteiger partial charge in [-0.3, -0.25) is 10.1 Å². The Bertz CT molecular complexity index is 613. The lowest BCUT2D eigenvalue weighted by Gasteiger charge is -2.04. The number of anilines is 1. The van der Waals surface area contributed by atoms with Crippen LogP contribution in [0.2, 0.25) is 5.02 Å². The number of carbonyl (C=O) groups excluding carboxylic acids is 1. The van der Waals surface area contributed by atoms with E-state index in [1.165, 1.54) is 29.5 Å². The standard InChI is InChI=1S/C12H11ClFN3OS2/c1-6(2)19-12-17-16-11(20-12)15-10(18)9-7(13)4-3-5-8(9)14/h3-6H,1-2H3,(H,15,16,18). The summed E-state index contributed by atoms with van der Waals surface area (Å²) in [6.45, 7) is 4.06. The van der Waals surface area contributed by atoms with Gasteiger partial charge < -0.3 is 0 Å². The lowest BCUT2D eigenvalue weighted by atomic mass is 10.2. The van der Waals surface area contributed by atoms with Gasteiger partial charge in [-0.25, -0.2) is 4.39 Å². The van der Waals surface area contributed by atoms with Gasteiger partial charge in [0.25, 0.3) is 5.91 Å². The summed E-state index contributed by atoms with van der Waals surface area (Å²) in [4.78, 5) is 12.0. The van der Waals surface area contributed by atoms with Gasteiger partial charge in [0.05, 0.1) is 10.6 Å². The molecule has 0 aliphatic carbocycles. The number of hydrogen-bond acceptors (Lipinski definition) is 5. The summed E-state index contributed by atoms with van der Waals surface area (Å²) in [5.41, 5.74) is -0.192. The summed E-state index contributed by atoms with van der Waals surface area (Å²) < 4.78 is 14.3. The van der Waals surface area contributed by atoms with Crippen LogP contribution in [0.4, 0.5) is 9.52 Å². The number of nitrogens with zero attached hydrogens (tertiary/aromatic N) is 2. The van der Waals surface area contributed by atoms with Crippen molar-refractivity contribution in [3.63, 3.8) is 0 Å². The van der Waals surface area contributed by atoms with Crippen molar-refractivity contribution in [1.82, 2.24) is 10.2 Å². The van der Waals surface area contributed by atoms with E-state index < -0.39 is 11.7 Å². The molecule has 0 bridgehead atoms. The van der Waals surface area contributed by atoms with Crippen LogP contribution in [0, 0.1) is 5.82 Å². The zero-order valence-electron chi connectivity index (χ0n) is 10.7. The number of aromatic nitrogens is 2. The Kier molecular flexibility index (Phi) is 4.95. The Morgan fingerprint density at radius 2 is 2.20 bits per heavy atom. The molecule has 20 heavy (non-hydrogen) atoms. The zero-order chi connectivity index (χ0) is 14.7. The molecule has 106 valence electrons. The molecule has 1 amide bonds. The number of thioether (sulfide) groups is 1. The number of halogens is 2. The first-order valence-corrected chi connectivity index (χ1v) is 7.80. The minimum atomic E-state index is -0.670. The monoisotopic (exact) mass is 331 g/mol. The first-order valence-electron chi connectivity index (χ1n) is 5.73. The largest absolute Gasteiger partial charge is 0.296 e. The maximum atomic E-state index is 13.6. The summed E-state index contributed by atoms with van der Waals surface area (Å²) in [6.07, 6.45) is 0. The molecule has 0 aliphatic rings. The fourth-order valence-electron chi connectivity index (χ4n) is 1.38. The molecule has 0 fully saturated rings. The van der Waals surface area contributed by atoms with Crippen LogP contribution in [0.25, 0.3) is 0 Å². The first kappa shape index (κ1) is 15.2. The summed E-state index contributed by atoms with van der Waals surface area (Å²) in [7, 11) is 0. The van der Waals surface area contributed by atoms with Crippen LogP contribution >= 0.6 is 34.7 Å². The van der Waals surface area contributed by atoms with Crippen molar-refractivity contribution < 1.29 is 9.18 Å². The topological polar surface area (TPSA) is 54.9 Å². The number of rotatable bonds is 4. The van der Waals surface area contributed by atoms with Crippen molar-refractivity contribution in [3.05, 3.63) is 34.6 Å². The summed E-state index contributed by atoms with van der Waals surface area (Å²) >= 11 is 8.61. The molecule has 1 N–H and O–H groups in total. The Morgan fingerprint density at radius 3 is 2.85 bits per heavy atom. The molecule has 1 aromatic carbocycles. The maximum absolute atomic E-state index is 13.6. The Hall–Kier alpha value is -1.18. The predicted molar refractivity (Wildman–Crippen MR) is 80.3 cm³/mol. The SMILES string of the molecule is CC(C)Sc1nnc(NC(=O)c2c(F)cccc2Cl)s1. The Morgan fingerprint density at radius 1 is 1.45 bits per heavy atom. The van der Waals surface area contributed by atoms with Crippen molar-refractivity contribution in [1.29, 1.82) is 0 Å². The second-order valence-corrected chi connectivity index (χ2v) is 7.30. The molecule has 0 saturated carbocycles. The molecule has 1 heterocycles. The van der Waals surface area contributed by atoms with Gasteiger partial charge >= 0.3 is 0 Å². The van der Waals surface area contributed by atoms with Gasteiger partial charge in [0.15, 0.2) is 4.34 Å². The van der Waals surface area contributed by atoms with E-state index in [4.69, 9.17) is 11.6 Å². The highest BCUT2D eigenvalue weighted by Crippen LogP contribution is 2.29. The quantitative estimate of drug-likeness (QED) is 0.677. The average Bonchev–Trinajstić information content (AvgIpc) is 2.75. The van der Waals surface area contributed by atoms with Crippen molar-refractivity contribution in [2.24, 2.45) is 0 Å². The lowest BCUT2D eigenvalue weighted by molar-refractivity contribution is 0.102. The highest BCUT2D eigenvalue weighted by Gasteiger charge is 2.17. The van der Waals surface area contributed by atoms with E-state index in [0.717, 1.165) is 4.34 Å². The fourth-order valence-corrected chi connectivity index (χ4v) is 3.60. The fraction of sp³-hybridized carbons (Fsp3) is 0.250. The van der Waals surface area contributed by atoms with Gasteiger partial charge in [-0.1, -0.05) is 54.6 Å². The third-order valence-electron chi connectivity index (χ3n) is 2.15. The van der Waals surface area contributed by atoms with Crippen molar-refractivity contribution in [2.45, 2.75) is 23.4 Å². The van der Waals surface area contributed by atoms with Gasteiger partial charge in [-0.05, 0) is 12.1 Å². The number of nitrogens with one attached hydrogen (secondary N) is 1. The Labute approximate surface area is 128 Å². The maximum Gasteiger partial charge on any atom is 0.261 e. The van der Waals surface area contributed by atoms with Crippen LogP contribution in [0.3, 0.4) is 0 Å². The van der Waals surface area contributed by atoms with E-state index in [1.807, 2.05) is 13.8 Å². The van der Waals surface area contributed by atoms with Crippen LogP contribution in [0.5, 0.6) is 0 Å². The van der Waals surface area contributed by atoms with Crippen LogP contribution in [0.15, 0.2) is 22.5 Å². The summed E-state index contributed by atoms with van der Waals surface area (Å²) in [6, 6.07) is 4.08. The van der Waals surface area contributed by atoms with Crippen LogP contribution in [-0.4, -0.2) is 21.4 Å². The smallest absolute Gasteiger partial charge is 0.261 e. The molecule has 2 rings (SSSR count). The highest BCUT2D eigenvalue weighted by atomic mass is 35.5. The second-order valence-electron chi connectivity index (χ2n) is 4.09. The van der Waals surface area contributed by atoms with Gasteiger partial charge in [-0.15, -0.1) is 10.2 Å². The normalized spacial score (nSPS) is 10.8. The molecule has 0 radical (unpaired) electrons. The van der Waals surface area contributed by atoms with E-state index in [2.05, 4.69) is 15.5 Å². The molecule has 2 aromatic rings. The molecular formula is C12H11ClFN3OS2. The van der Waals surface area contributed by atoms with Crippen molar-refractivity contribution >= 4 is 45.7 Å². The summed E-state index contributed by atoms with van der Waals surface area (Å²) in [5.74, 6) is -1.30. The van der Waals surface area contributed by atoms with Crippen LogP contribution < -0.4 is 5.32 Å². The Balaban J connectivity index is 2.14.